The second kappa shape index (κ2) is 8.06. The molecule has 0 aromatic heterocycles. The summed E-state index contributed by atoms with van der Waals surface area (Å²) in [5, 5.41) is 2.49. The Morgan fingerprint density at radius 1 is 1.26 bits per heavy atom. The van der Waals surface area contributed by atoms with Crippen LogP contribution in [0, 0.1) is 5.82 Å². The molecule has 0 heterocycles. The zero-order chi connectivity index (χ0) is 16.8. The molecule has 1 fully saturated rings. The summed E-state index contributed by atoms with van der Waals surface area (Å²) in [6.45, 7) is 1.66. The molecule has 0 bridgehead atoms. The van der Waals surface area contributed by atoms with Gasteiger partial charge in [0.2, 0.25) is 5.91 Å². The zero-order valence-electron chi connectivity index (χ0n) is 13.3. The van der Waals surface area contributed by atoms with E-state index in [9.17, 15) is 14.0 Å². The number of primary amides is 1. The molecule has 0 spiro atoms. The van der Waals surface area contributed by atoms with Gasteiger partial charge in [-0.05, 0) is 38.0 Å². The highest BCUT2D eigenvalue weighted by Crippen LogP contribution is 2.22. The number of carbonyl (C=O) groups excluding carboxylic acids is 2. The van der Waals surface area contributed by atoms with Crippen molar-refractivity contribution in [3.05, 3.63) is 29.6 Å². The van der Waals surface area contributed by atoms with Gasteiger partial charge in [0, 0.05) is 5.56 Å². The van der Waals surface area contributed by atoms with Gasteiger partial charge >= 0.3 is 0 Å². The fourth-order valence-electron chi connectivity index (χ4n) is 2.73. The number of carbonyl (C=O) groups is 2. The normalized spacial score (nSPS) is 17.3. The van der Waals surface area contributed by atoms with Crippen molar-refractivity contribution in [2.45, 2.75) is 57.7 Å². The Balaban J connectivity index is 1.93. The summed E-state index contributed by atoms with van der Waals surface area (Å²) >= 11 is 0. The summed E-state index contributed by atoms with van der Waals surface area (Å²) in [7, 11) is 0. The third-order valence-corrected chi connectivity index (χ3v) is 4.08. The summed E-state index contributed by atoms with van der Waals surface area (Å²) in [4.78, 5) is 23.1. The van der Waals surface area contributed by atoms with E-state index in [4.69, 9.17) is 10.5 Å². The van der Waals surface area contributed by atoms with E-state index in [0.717, 1.165) is 31.7 Å². The molecular weight excluding hydrogens is 299 g/mol. The lowest BCUT2D eigenvalue weighted by Gasteiger charge is -2.20. The van der Waals surface area contributed by atoms with E-state index < -0.39 is 23.7 Å². The van der Waals surface area contributed by atoms with Crippen molar-refractivity contribution in [2.24, 2.45) is 5.73 Å². The quantitative estimate of drug-likeness (QED) is 0.818. The maximum atomic E-state index is 13.9. The van der Waals surface area contributed by atoms with Crippen LogP contribution >= 0.6 is 0 Å². The molecule has 2 rings (SSSR count). The second-order valence-electron chi connectivity index (χ2n) is 5.94. The van der Waals surface area contributed by atoms with E-state index >= 15 is 0 Å². The van der Waals surface area contributed by atoms with Crippen LogP contribution in [-0.4, -0.2) is 24.0 Å². The largest absolute Gasteiger partial charge is 0.366 e. The second-order valence-corrected chi connectivity index (χ2v) is 5.94. The third-order valence-electron chi connectivity index (χ3n) is 4.08. The van der Waals surface area contributed by atoms with Crippen molar-refractivity contribution in [1.82, 2.24) is 0 Å². The average Bonchev–Trinajstić information content (AvgIpc) is 2.77. The Hall–Kier alpha value is -1.95. The number of nitrogens with one attached hydrogen (secondary N) is 1. The standard InChI is InChI=1S/C17H23FN2O3/c1-11(23-13-6-4-2-3-5-7-13)17(22)20-15-9-8-12(16(19)21)10-14(15)18/h8-11,13H,2-7H2,1H3,(H2,19,21)(H,20,22)/t11-/m0/s1. The Bertz CT molecular complexity index is 569. The van der Waals surface area contributed by atoms with Crippen LogP contribution in [0.25, 0.3) is 0 Å². The van der Waals surface area contributed by atoms with Crippen molar-refractivity contribution in [3.8, 4) is 0 Å². The van der Waals surface area contributed by atoms with Gasteiger partial charge in [-0.15, -0.1) is 0 Å². The lowest BCUT2D eigenvalue weighted by molar-refractivity contribution is -0.130. The Morgan fingerprint density at radius 2 is 1.91 bits per heavy atom. The molecule has 2 amide bonds. The van der Waals surface area contributed by atoms with Crippen molar-refractivity contribution in [1.29, 1.82) is 0 Å². The van der Waals surface area contributed by atoms with E-state index in [1.54, 1.807) is 6.92 Å². The molecule has 1 aliphatic carbocycles. The Kier molecular flexibility index (Phi) is 6.10. The lowest BCUT2D eigenvalue weighted by Crippen LogP contribution is -2.31. The topological polar surface area (TPSA) is 81.4 Å². The summed E-state index contributed by atoms with van der Waals surface area (Å²) in [5.41, 5.74) is 5.16. The number of amides is 2. The van der Waals surface area contributed by atoms with E-state index in [-0.39, 0.29) is 17.4 Å². The molecule has 6 heteroatoms. The van der Waals surface area contributed by atoms with Crippen LogP contribution in [-0.2, 0) is 9.53 Å². The van der Waals surface area contributed by atoms with E-state index in [1.807, 2.05) is 0 Å². The van der Waals surface area contributed by atoms with Crippen LogP contribution < -0.4 is 11.1 Å². The van der Waals surface area contributed by atoms with Gasteiger partial charge in [-0.3, -0.25) is 9.59 Å². The van der Waals surface area contributed by atoms with Crippen LogP contribution in [0.4, 0.5) is 10.1 Å². The first-order chi connectivity index (χ1) is 11.0. The zero-order valence-corrected chi connectivity index (χ0v) is 13.3. The molecule has 0 saturated heterocycles. The first-order valence-electron chi connectivity index (χ1n) is 8.03. The minimum Gasteiger partial charge on any atom is -0.366 e. The van der Waals surface area contributed by atoms with Crippen molar-refractivity contribution >= 4 is 17.5 Å². The summed E-state index contributed by atoms with van der Waals surface area (Å²) in [6, 6.07) is 3.71. The Morgan fingerprint density at radius 3 is 2.48 bits per heavy atom. The smallest absolute Gasteiger partial charge is 0.253 e. The molecule has 1 aromatic carbocycles. The molecular formula is C17H23FN2O3. The maximum Gasteiger partial charge on any atom is 0.253 e. The summed E-state index contributed by atoms with van der Waals surface area (Å²) in [5.74, 6) is -1.82. The molecule has 5 nitrogen and oxygen atoms in total. The van der Waals surface area contributed by atoms with Gasteiger partial charge in [-0.2, -0.15) is 0 Å². The lowest BCUT2D eigenvalue weighted by atomic mass is 10.1. The number of halogens is 1. The van der Waals surface area contributed by atoms with Crippen LogP contribution in [0.1, 0.15) is 55.8 Å². The van der Waals surface area contributed by atoms with Gasteiger partial charge in [0.1, 0.15) is 11.9 Å². The molecule has 1 saturated carbocycles. The van der Waals surface area contributed by atoms with E-state index in [0.29, 0.717) is 0 Å². The van der Waals surface area contributed by atoms with E-state index in [2.05, 4.69) is 5.32 Å². The number of anilines is 1. The molecule has 0 aliphatic heterocycles. The highest BCUT2D eigenvalue weighted by Gasteiger charge is 2.21. The van der Waals surface area contributed by atoms with Crippen LogP contribution in [0.3, 0.4) is 0 Å². The molecule has 23 heavy (non-hydrogen) atoms. The first kappa shape index (κ1) is 17.4. The van der Waals surface area contributed by atoms with Gasteiger partial charge in [0.15, 0.2) is 0 Å². The van der Waals surface area contributed by atoms with Crippen molar-refractivity contribution in [3.63, 3.8) is 0 Å². The highest BCUT2D eigenvalue weighted by molar-refractivity contribution is 5.96. The molecule has 0 radical (unpaired) electrons. The van der Waals surface area contributed by atoms with Gasteiger partial charge in [0.05, 0.1) is 11.8 Å². The van der Waals surface area contributed by atoms with Gasteiger partial charge in [0.25, 0.3) is 5.91 Å². The SMILES string of the molecule is C[C@H](OC1CCCCCC1)C(=O)Nc1ccc(C(N)=O)cc1F. The minimum atomic E-state index is -0.716. The average molecular weight is 322 g/mol. The Labute approximate surface area is 135 Å². The monoisotopic (exact) mass is 322 g/mol. The minimum absolute atomic E-state index is 0.0105. The molecule has 1 aliphatic rings. The molecule has 1 atom stereocenters. The molecule has 126 valence electrons. The van der Waals surface area contributed by atoms with E-state index in [1.165, 1.54) is 25.0 Å². The summed E-state index contributed by atoms with van der Waals surface area (Å²) < 4.78 is 19.7. The number of nitrogens with two attached hydrogens (primary N) is 1. The third kappa shape index (κ3) is 5.03. The maximum absolute atomic E-state index is 13.9. The van der Waals surface area contributed by atoms with Gasteiger partial charge in [-0.25, -0.2) is 4.39 Å². The molecule has 0 unspecified atom stereocenters. The fourth-order valence-corrected chi connectivity index (χ4v) is 2.73. The first-order valence-corrected chi connectivity index (χ1v) is 8.03. The number of hydrogen-bond acceptors (Lipinski definition) is 3. The number of ether oxygens (including phenoxy) is 1. The molecule has 1 aromatic rings. The highest BCUT2D eigenvalue weighted by atomic mass is 19.1. The number of benzene rings is 1. The predicted molar refractivity (Wildman–Crippen MR) is 85.6 cm³/mol. The predicted octanol–water partition coefficient (Wildman–Crippen LogP) is 2.99. The number of hydrogen-bond donors (Lipinski definition) is 2. The van der Waals surface area contributed by atoms with Gasteiger partial charge in [-0.1, -0.05) is 25.7 Å². The van der Waals surface area contributed by atoms with Crippen LogP contribution in [0.2, 0.25) is 0 Å². The summed E-state index contributed by atoms with van der Waals surface area (Å²) in [6.07, 6.45) is 5.98. The van der Waals surface area contributed by atoms with Crippen molar-refractivity contribution < 1.29 is 18.7 Å². The van der Waals surface area contributed by atoms with Crippen LogP contribution in [0.15, 0.2) is 18.2 Å². The van der Waals surface area contributed by atoms with Crippen LogP contribution in [0.5, 0.6) is 0 Å². The number of rotatable bonds is 5. The van der Waals surface area contributed by atoms with Crippen molar-refractivity contribution in [2.75, 3.05) is 5.32 Å². The molecule has 3 N–H and O–H groups in total. The fraction of sp³-hybridized carbons (Fsp3) is 0.529. The van der Waals surface area contributed by atoms with Gasteiger partial charge < -0.3 is 15.8 Å².